The standard InChI is InChI=1S/C11H25NO/c1-6-12-9-10(7-8-13-5)11(2,3)4/h10,12H,6-9H2,1-5H3. The SMILES string of the molecule is CCNCC(CCOC)C(C)(C)C. The average Bonchev–Trinajstić information content (AvgIpc) is 2.02. The third-order valence-electron chi connectivity index (χ3n) is 2.54. The molecule has 0 spiro atoms. The first-order chi connectivity index (χ1) is 6.02. The largest absolute Gasteiger partial charge is 0.385 e. The van der Waals surface area contributed by atoms with E-state index in [1.807, 2.05) is 0 Å². The van der Waals surface area contributed by atoms with Crippen LogP contribution in [0.4, 0.5) is 0 Å². The fourth-order valence-corrected chi connectivity index (χ4v) is 1.42. The van der Waals surface area contributed by atoms with Gasteiger partial charge in [-0.25, -0.2) is 0 Å². The second-order valence-electron chi connectivity index (χ2n) is 4.65. The van der Waals surface area contributed by atoms with Gasteiger partial charge in [0.15, 0.2) is 0 Å². The van der Waals surface area contributed by atoms with Gasteiger partial charge in [0.05, 0.1) is 0 Å². The third kappa shape index (κ3) is 6.05. The molecule has 0 aromatic heterocycles. The lowest BCUT2D eigenvalue weighted by molar-refractivity contribution is 0.135. The van der Waals surface area contributed by atoms with Crippen molar-refractivity contribution in [2.24, 2.45) is 11.3 Å². The summed E-state index contributed by atoms with van der Waals surface area (Å²) >= 11 is 0. The van der Waals surface area contributed by atoms with E-state index in [1.54, 1.807) is 7.11 Å². The van der Waals surface area contributed by atoms with E-state index in [0.717, 1.165) is 26.1 Å². The Morgan fingerprint density at radius 2 is 1.92 bits per heavy atom. The van der Waals surface area contributed by atoms with Gasteiger partial charge < -0.3 is 10.1 Å². The molecule has 0 bridgehead atoms. The van der Waals surface area contributed by atoms with E-state index < -0.39 is 0 Å². The van der Waals surface area contributed by atoms with Gasteiger partial charge in [-0.05, 0) is 30.8 Å². The minimum atomic E-state index is 0.376. The number of hydrogen-bond acceptors (Lipinski definition) is 2. The van der Waals surface area contributed by atoms with Crippen LogP contribution in [-0.4, -0.2) is 26.8 Å². The summed E-state index contributed by atoms with van der Waals surface area (Å²) in [4.78, 5) is 0. The number of rotatable bonds is 6. The Kier molecular flexibility index (Phi) is 6.35. The predicted molar refractivity (Wildman–Crippen MR) is 58.0 cm³/mol. The Hall–Kier alpha value is -0.0800. The summed E-state index contributed by atoms with van der Waals surface area (Å²) in [5.74, 6) is 0.701. The Bertz CT molecular complexity index is 110. The molecule has 2 heteroatoms. The number of methoxy groups -OCH3 is 1. The molecule has 0 aliphatic carbocycles. The molecule has 0 aromatic rings. The second-order valence-corrected chi connectivity index (χ2v) is 4.65. The fraction of sp³-hybridized carbons (Fsp3) is 1.00. The zero-order valence-electron chi connectivity index (χ0n) is 9.81. The fourth-order valence-electron chi connectivity index (χ4n) is 1.42. The summed E-state index contributed by atoms with van der Waals surface area (Å²) in [7, 11) is 1.77. The molecule has 13 heavy (non-hydrogen) atoms. The monoisotopic (exact) mass is 187 g/mol. The van der Waals surface area contributed by atoms with Gasteiger partial charge in [-0.1, -0.05) is 27.7 Å². The van der Waals surface area contributed by atoms with Crippen molar-refractivity contribution in [3.05, 3.63) is 0 Å². The van der Waals surface area contributed by atoms with E-state index in [0.29, 0.717) is 11.3 Å². The molecule has 0 saturated carbocycles. The lowest BCUT2D eigenvalue weighted by atomic mass is 9.79. The van der Waals surface area contributed by atoms with Crippen LogP contribution in [0.5, 0.6) is 0 Å². The first-order valence-electron chi connectivity index (χ1n) is 5.22. The second kappa shape index (κ2) is 6.39. The quantitative estimate of drug-likeness (QED) is 0.689. The average molecular weight is 187 g/mol. The molecule has 0 fully saturated rings. The van der Waals surface area contributed by atoms with Gasteiger partial charge in [0, 0.05) is 13.7 Å². The first-order valence-corrected chi connectivity index (χ1v) is 5.22. The zero-order chi connectivity index (χ0) is 10.3. The molecule has 0 rings (SSSR count). The van der Waals surface area contributed by atoms with Crippen LogP contribution in [0.15, 0.2) is 0 Å². The number of nitrogens with one attached hydrogen (secondary N) is 1. The van der Waals surface area contributed by atoms with Gasteiger partial charge >= 0.3 is 0 Å². The van der Waals surface area contributed by atoms with Crippen LogP contribution < -0.4 is 5.32 Å². The summed E-state index contributed by atoms with van der Waals surface area (Å²) in [6.07, 6.45) is 1.15. The van der Waals surface area contributed by atoms with E-state index in [4.69, 9.17) is 4.74 Å². The summed E-state index contributed by atoms with van der Waals surface area (Å²) in [6.45, 7) is 12.1. The van der Waals surface area contributed by atoms with Crippen molar-refractivity contribution in [2.75, 3.05) is 26.8 Å². The van der Waals surface area contributed by atoms with E-state index >= 15 is 0 Å². The zero-order valence-corrected chi connectivity index (χ0v) is 9.81. The summed E-state index contributed by atoms with van der Waals surface area (Å²) < 4.78 is 5.12. The molecule has 0 radical (unpaired) electrons. The first kappa shape index (κ1) is 12.9. The molecule has 0 aliphatic rings. The van der Waals surface area contributed by atoms with Crippen LogP contribution >= 0.6 is 0 Å². The number of ether oxygens (including phenoxy) is 1. The molecule has 0 heterocycles. The maximum atomic E-state index is 5.12. The van der Waals surface area contributed by atoms with Gasteiger partial charge in [-0.3, -0.25) is 0 Å². The Labute approximate surface area is 83.1 Å². The van der Waals surface area contributed by atoms with Crippen LogP contribution in [0.2, 0.25) is 0 Å². The van der Waals surface area contributed by atoms with Crippen molar-refractivity contribution in [2.45, 2.75) is 34.1 Å². The van der Waals surface area contributed by atoms with Crippen molar-refractivity contribution in [1.29, 1.82) is 0 Å². The lowest BCUT2D eigenvalue weighted by Gasteiger charge is -2.30. The Morgan fingerprint density at radius 1 is 1.31 bits per heavy atom. The highest BCUT2D eigenvalue weighted by molar-refractivity contribution is 4.75. The van der Waals surface area contributed by atoms with Crippen molar-refractivity contribution < 1.29 is 4.74 Å². The predicted octanol–water partition coefficient (Wildman–Crippen LogP) is 2.29. The highest BCUT2D eigenvalue weighted by Gasteiger charge is 2.23. The minimum absolute atomic E-state index is 0.376. The lowest BCUT2D eigenvalue weighted by Crippen LogP contribution is -2.32. The molecule has 1 atom stereocenters. The van der Waals surface area contributed by atoms with Gasteiger partial charge in [0.1, 0.15) is 0 Å². The van der Waals surface area contributed by atoms with E-state index in [9.17, 15) is 0 Å². The van der Waals surface area contributed by atoms with E-state index in [-0.39, 0.29) is 0 Å². The minimum Gasteiger partial charge on any atom is -0.385 e. The Balaban J connectivity index is 3.88. The molecule has 0 saturated heterocycles. The van der Waals surface area contributed by atoms with Crippen molar-refractivity contribution in [3.8, 4) is 0 Å². The summed E-state index contributed by atoms with van der Waals surface area (Å²) in [5.41, 5.74) is 0.376. The van der Waals surface area contributed by atoms with Crippen LogP contribution in [-0.2, 0) is 4.74 Å². The maximum absolute atomic E-state index is 5.12. The molecule has 2 nitrogen and oxygen atoms in total. The van der Waals surface area contributed by atoms with Crippen molar-refractivity contribution in [3.63, 3.8) is 0 Å². The summed E-state index contributed by atoms with van der Waals surface area (Å²) in [6, 6.07) is 0. The van der Waals surface area contributed by atoms with Gasteiger partial charge in [0.2, 0.25) is 0 Å². The molecule has 80 valence electrons. The normalized spacial score (nSPS) is 14.5. The van der Waals surface area contributed by atoms with E-state index in [2.05, 4.69) is 33.0 Å². The topological polar surface area (TPSA) is 21.3 Å². The van der Waals surface area contributed by atoms with Gasteiger partial charge in [-0.2, -0.15) is 0 Å². The van der Waals surface area contributed by atoms with Crippen LogP contribution in [0.25, 0.3) is 0 Å². The van der Waals surface area contributed by atoms with Crippen molar-refractivity contribution in [1.82, 2.24) is 5.32 Å². The van der Waals surface area contributed by atoms with Gasteiger partial charge in [-0.15, -0.1) is 0 Å². The number of hydrogen-bond donors (Lipinski definition) is 1. The molecule has 0 aromatic carbocycles. The van der Waals surface area contributed by atoms with Crippen LogP contribution in [0.1, 0.15) is 34.1 Å². The Morgan fingerprint density at radius 3 is 2.31 bits per heavy atom. The molecule has 0 aliphatic heterocycles. The molecule has 0 amide bonds. The highest BCUT2D eigenvalue weighted by Crippen LogP contribution is 2.27. The van der Waals surface area contributed by atoms with Crippen molar-refractivity contribution >= 4 is 0 Å². The van der Waals surface area contributed by atoms with Gasteiger partial charge in [0.25, 0.3) is 0 Å². The molecular formula is C11H25NO. The van der Waals surface area contributed by atoms with E-state index in [1.165, 1.54) is 0 Å². The highest BCUT2D eigenvalue weighted by atomic mass is 16.5. The molecule has 1 unspecified atom stereocenters. The van der Waals surface area contributed by atoms with Crippen LogP contribution in [0, 0.1) is 11.3 Å². The molecule has 1 N–H and O–H groups in total. The molecular weight excluding hydrogens is 162 g/mol. The third-order valence-corrected chi connectivity index (χ3v) is 2.54. The smallest absolute Gasteiger partial charge is 0.0465 e. The van der Waals surface area contributed by atoms with Crippen LogP contribution in [0.3, 0.4) is 0 Å². The maximum Gasteiger partial charge on any atom is 0.0465 e. The summed E-state index contributed by atoms with van der Waals surface area (Å²) in [5, 5.41) is 3.41.